The van der Waals surface area contributed by atoms with Gasteiger partial charge in [0.25, 0.3) is 0 Å². The van der Waals surface area contributed by atoms with E-state index in [-0.39, 0.29) is 36.9 Å². The third-order valence-electron chi connectivity index (χ3n) is 3.94. The van der Waals surface area contributed by atoms with Gasteiger partial charge in [-0.3, -0.25) is 4.79 Å². The fraction of sp³-hybridized carbons (Fsp3) is 0.273. The van der Waals surface area contributed by atoms with E-state index in [1.165, 1.54) is 11.3 Å². The van der Waals surface area contributed by atoms with Crippen molar-refractivity contribution in [3.63, 3.8) is 0 Å². The Hall–Kier alpha value is -2.70. The predicted octanol–water partition coefficient (Wildman–Crippen LogP) is 4.35. The van der Waals surface area contributed by atoms with Crippen LogP contribution in [0.4, 0.5) is 10.8 Å². The highest BCUT2D eigenvalue weighted by Gasteiger charge is 2.08. The summed E-state index contributed by atoms with van der Waals surface area (Å²) >= 11 is 1.17. The van der Waals surface area contributed by atoms with E-state index in [4.69, 9.17) is 14.0 Å². The van der Waals surface area contributed by atoms with Gasteiger partial charge in [0.05, 0.1) is 23.7 Å². The van der Waals surface area contributed by atoms with E-state index in [9.17, 15) is 9.90 Å². The average Bonchev–Trinajstić information content (AvgIpc) is 3.20. The molecule has 2 aromatic carbocycles. The molecule has 0 aliphatic heterocycles. The zero-order valence-corrected chi connectivity index (χ0v) is 16.0. The highest BCUT2D eigenvalue weighted by Crippen LogP contribution is 2.20. The molecule has 3 aromatic rings. The number of carbonyl (C=O) groups excluding carboxylic acids is 1. The van der Waals surface area contributed by atoms with Crippen molar-refractivity contribution in [2.45, 2.75) is 38.2 Å². The predicted molar refractivity (Wildman–Crippen MR) is 114 cm³/mol. The fourth-order valence-corrected chi connectivity index (χ4v) is 3.13. The molecule has 0 saturated heterocycles. The molecule has 3 rings (SSSR count). The molecular formula is C22H25N3O2S. The van der Waals surface area contributed by atoms with Gasteiger partial charge in [0, 0.05) is 13.8 Å². The number of thiazole rings is 1. The number of aliphatic hydroxyl groups excluding tert-OH is 1. The van der Waals surface area contributed by atoms with Gasteiger partial charge in [0.2, 0.25) is 5.91 Å². The highest BCUT2D eigenvalue weighted by atomic mass is 32.1. The second-order valence-corrected chi connectivity index (χ2v) is 7.04. The van der Waals surface area contributed by atoms with E-state index >= 15 is 0 Å². The number of hydrogen-bond acceptors (Lipinski definition) is 5. The lowest BCUT2D eigenvalue weighted by Gasteiger charge is -2.10. The Labute approximate surface area is 177 Å². The SMILES string of the molecule is [2H]c1c([2H])c(C([2H])([2H])CCC[C@H](O)c2ccccc2)c([2H])c([2H])c1NC(=O)Cc1csc(N)n1. The van der Waals surface area contributed by atoms with Gasteiger partial charge in [-0.25, -0.2) is 4.98 Å². The van der Waals surface area contributed by atoms with Crippen molar-refractivity contribution >= 4 is 28.1 Å². The quantitative estimate of drug-likeness (QED) is 0.497. The van der Waals surface area contributed by atoms with Gasteiger partial charge < -0.3 is 16.2 Å². The van der Waals surface area contributed by atoms with Gasteiger partial charge in [0.15, 0.2) is 5.13 Å². The molecule has 0 bridgehead atoms. The summed E-state index contributed by atoms with van der Waals surface area (Å²) in [7, 11) is 0. The van der Waals surface area contributed by atoms with Crippen LogP contribution >= 0.6 is 11.3 Å². The van der Waals surface area contributed by atoms with Gasteiger partial charge in [-0.15, -0.1) is 11.3 Å². The molecule has 0 aliphatic rings. The first-order chi connectivity index (χ1) is 16.0. The van der Waals surface area contributed by atoms with Crippen molar-refractivity contribution in [3.05, 3.63) is 76.7 Å². The summed E-state index contributed by atoms with van der Waals surface area (Å²) < 4.78 is 49.9. The zero-order chi connectivity index (χ0) is 25.0. The van der Waals surface area contributed by atoms with E-state index in [2.05, 4.69) is 10.3 Å². The molecule has 1 heterocycles. The molecule has 1 amide bonds. The molecule has 1 atom stereocenters. The number of aliphatic hydroxyl groups is 1. The van der Waals surface area contributed by atoms with Gasteiger partial charge in [0.1, 0.15) is 0 Å². The van der Waals surface area contributed by atoms with Crippen LogP contribution in [0.2, 0.25) is 0 Å². The molecule has 6 heteroatoms. The van der Waals surface area contributed by atoms with E-state index in [1.807, 2.05) is 6.07 Å². The zero-order valence-electron chi connectivity index (χ0n) is 21.2. The maximum Gasteiger partial charge on any atom is 0.230 e. The van der Waals surface area contributed by atoms with E-state index in [0.29, 0.717) is 16.4 Å². The summed E-state index contributed by atoms with van der Waals surface area (Å²) in [5, 5.41) is 14.6. The molecule has 28 heavy (non-hydrogen) atoms. The number of benzene rings is 2. The topological polar surface area (TPSA) is 88.2 Å². The van der Waals surface area contributed by atoms with Gasteiger partial charge >= 0.3 is 0 Å². The lowest BCUT2D eigenvalue weighted by molar-refractivity contribution is -0.115. The maximum absolute atomic E-state index is 12.3. The van der Waals surface area contributed by atoms with Gasteiger partial charge in [-0.05, 0) is 42.4 Å². The Morgan fingerprint density at radius 1 is 1.25 bits per heavy atom. The number of nitrogens with zero attached hydrogens (tertiary/aromatic N) is 1. The second kappa shape index (κ2) is 10.0. The molecule has 0 unspecified atom stereocenters. The van der Waals surface area contributed by atoms with Crippen LogP contribution in [0.25, 0.3) is 0 Å². The summed E-state index contributed by atoms with van der Waals surface area (Å²) in [5.74, 6) is -0.586. The Kier molecular flexibility index (Phi) is 4.82. The number of carbonyl (C=O) groups is 1. The molecule has 0 saturated carbocycles. The number of nitrogen functional groups attached to an aromatic ring is 1. The maximum atomic E-state index is 12.3. The summed E-state index contributed by atoms with van der Waals surface area (Å²) in [6.07, 6.45) is -2.66. The van der Waals surface area contributed by atoms with Crippen molar-refractivity contribution < 1.29 is 18.1 Å². The van der Waals surface area contributed by atoms with Crippen molar-refractivity contribution in [2.24, 2.45) is 0 Å². The second-order valence-electron chi connectivity index (χ2n) is 6.15. The molecule has 0 spiro atoms. The Balaban J connectivity index is 1.75. The van der Waals surface area contributed by atoms with Gasteiger partial charge in [-0.2, -0.15) is 0 Å². The summed E-state index contributed by atoms with van der Waals surface area (Å²) in [4.78, 5) is 16.3. The normalized spacial score (nSPS) is 15.5. The number of aromatic nitrogens is 1. The molecule has 146 valence electrons. The Bertz CT molecular complexity index is 1140. The molecule has 4 N–H and O–H groups in total. The molecule has 1 aromatic heterocycles. The van der Waals surface area contributed by atoms with Crippen molar-refractivity contribution in [3.8, 4) is 0 Å². The fourth-order valence-electron chi connectivity index (χ4n) is 2.57. The minimum absolute atomic E-state index is 0.107. The number of nitrogens with two attached hydrogens (primary N) is 1. The number of hydrogen-bond donors (Lipinski definition) is 3. The number of anilines is 2. The first-order valence-electron chi connectivity index (χ1n) is 11.8. The molecule has 0 radical (unpaired) electrons. The van der Waals surface area contributed by atoms with Crippen LogP contribution in [0.3, 0.4) is 0 Å². The van der Waals surface area contributed by atoms with E-state index in [1.54, 1.807) is 29.6 Å². The largest absolute Gasteiger partial charge is 0.388 e. The summed E-state index contributed by atoms with van der Waals surface area (Å²) in [6, 6.07) is 6.81. The lowest BCUT2D eigenvalue weighted by Crippen LogP contribution is -2.14. The van der Waals surface area contributed by atoms with Crippen LogP contribution in [0.5, 0.6) is 0 Å². The van der Waals surface area contributed by atoms with Crippen LogP contribution in [0.1, 0.15) is 50.4 Å². The highest BCUT2D eigenvalue weighted by molar-refractivity contribution is 7.13. The minimum Gasteiger partial charge on any atom is -0.388 e. The number of rotatable bonds is 9. The first-order valence-corrected chi connectivity index (χ1v) is 9.72. The average molecular weight is 402 g/mol. The van der Waals surface area contributed by atoms with Crippen LogP contribution < -0.4 is 11.1 Å². The van der Waals surface area contributed by atoms with Gasteiger partial charge in [-0.1, -0.05) is 48.8 Å². The van der Waals surface area contributed by atoms with Crippen LogP contribution in [0, 0.1) is 0 Å². The molecule has 5 nitrogen and oxygen atoms in total. The van der Waals surface area contributed by atoms with Crippen LogP contribution in [-0.2, 0) is 17.6 Å². The standard InChI is InChI=1S/C22H25N3O2S/c23-22-25-19(15-28-22)14-21(27)24-18-12-10-16(11-13-18)6-4-5-9-20(26)17-7-2-1-3-8-17/h1-3,7-8,10-13,15,20,26H,4-6,9,14H2,(H2,23,25)(H,24,27)/t20-/m0/s1/i6D2,10D,11D,12D,13D. The third-order valence-corrected chi connectivity index (χ3v) is 4.66. The molecule has 0 fully saturated rings. The number of amides is 1. The Morgan fingerprint density at radius 3 is 2.68 bits per heavy atom. The van der Waals surface area contributed by atoms with Crippen LogP contribution in [-0.4, -0.2) is 16.0 Å². The third kappa shape index (κ3) is 6.18. The van der Waals surface area contributed by atoms with E-state index in [0.717, 1.165) is 0 Å². The lowest BCUT2D eigenvalue weighted by atomic mass is 10.0. The minimum atomic E-state index is -2.17. The number of nitrogens with one attached hydrogen (secondary N) is 1. The van der Waals surface area contributed by atoms with Crippen LogP contribution in [0.15, 0.2) is 59.9 Å². The van der Waals surface area contributed by atoms with Crippen molar-refractivity contribution in [2.75, 3.05) is 11.1 Å². The molecule has 0 aliphatic carbocycles. The Morgan fingerprint density at radius 2 is 2.00 bits per heavy atom. The van der Waals surface area contributed by atoms with Crippen molar-refractivity contribution in [1.29, 1.82) is 0 Å². The monoisotopic (exact) mass is 401 g/mol. The first kappa shape index (κ1) is 13.5. The smallest absolute Gasteiger partial charge is 0.230 e. The van der Waals surface area contributed by atoms with Crippen molar-refractivity contribution in [1.82, 2.24) is 4.98 Å². The van der Waals surface area contributed by atoms with E-state index < -0.39 is 42.6 Å². The molecular weight excluding hydrogens is 370 g/mol. The summed E-state index contributed by atoms with van der Waals surface area (Å²) in [5.41, 5.74) is 5.99. The summed E-state index contributed by atoms with van der Waals surface area (Å²) in [6.45, 7) is 0.